The van der Waals surface area contributed by atoms with E-state index in [2.05, 4.69) is 5.32 Å². The quantitative estimate of drug-likeness (QED) is 0.690. The van der Waals surface area contributed by atoms with E-state index in [1.165, 1.54) is 12.1 Å². The van der Waals surface area contributed by atoms with E-state index < -0.39 is 23.2 Å². The molecule has 5 atom stereocenters. The lowest BCUT2D eigenvalue weighted by Gasteiger charge is -2.37. The Kier molecular flexibility index (Phi) is 5.79. The molecule has 1 amide bonds. The van der Waals surface area contributed by atoms with Gasteiger partial charge < -0.3 is 16.8 Å². The second-order valence-corrected chi connectivity index (χ2v) is 8.93. The van der Waals surface area contributed by atoms with Crippen molar-refractivity contribution in [2.75, 3.05) is 6.54 Å². The minimum absolute atomic E-state index is 0.0106. The van der Waals surface area contributed by atoms with Gasteiger partial charge in [0.2, 0.25) is 5.91 Å². The van der Waals surface area contributed by atoms with Gasteiger partial charge in [-0.15, -0.1) is 0 Å². The highest BCUT2D eigenvalue weighted by Crippen LogP contribution is 2.48. The third-order valence-electron chi connectivity index (χ3n) is 6.59. The lowest BCUT2D eigenvalue weighted by Crippen LogP contribution is -2.59. The molecule has 0 spiro atoms. The van der Waals surface area contributed by atoms with E-state index in [-0.39, 0.29) is 23.8 Å². The Bertz CT molecular complexity index is 721. The Labute approximate surface area is 164 Å². The second kappa shape index (κ2) is 7.67. The second-order valence-electron chi connectivity index (χ2n) is 8.93. The van der Waals surface area contributed by atoms with Crippen LogP contribution >= 0.6 is 0 Å². The number of nitrogens with one attached hydrogen (secondary N) is 1. The number of benzene rings is 1. The van der Waals surface area contributed by atoms with Gasteiger partial charge in [-0.05, 0) is 67.5 Å². The number of primary amides is 1. The van der Waals surface area contributed by atoms with Crippen LogP contribution in [0.5, 0.6) is 0 Å². The molecule has 28 heavy (non-hydrogen) atoms. The fourth-order valence-electron chi connectivity index (χ4n) is 5.43. The summed E-state index contributed by atoms with van der Waals surface area (Å²) in [4.78, 5) is 12.2. The first-order valence-electron chi connectivity index (χ1n) is 10.0. The van der Waals surface area contributed by atoms with Crippen LogP contribution < -0.4 is 16.8 Å². The van der Waals surface area contributed by atoms with Gasteiger partial charge in [0, 0.05) is 6.04 Å². The summed E-state index contributed by atoms with van der Waals surface area (Å²) in [5.74, 6) is 0.345. The molecule has 156 valence electrons. The van der Waals surface area contributed by atoms with Crippen LogP contribution in [0.4, 0.5) is 13.2 Å². The number of halogens is 3. The van der Waals surface area contributed by atoms with Crippen molar-refractivity contribution < 1.29 is 18.0 Å². The number of rotatable bonds is 6. The summed E-state index contributed by atoms with van der Waals surface area (Å²) in [7, 11) is 0. The van der Waals surface area contributed by atoms with Crippen molar-refractivity contribution in [3.05, 3.63) is 35.4 Å². The monoisotopic (exact) mass is 397 g/mol. The van der Waals surface area contributed by atoms with Crippen LogP contribution in [0.3, 0.4) is 0 Å². The fraction of sp³-hybridized carbons (Fsp3) is 0.667. The van der Waals surface area contributed by atoms with Crippen molar-refractivity contribution in [3.8, 4) is 0 Å². The van der Waals surface area contributed by atoms with E-state index in [9.17, 15) is 18.0 Å². The molecule has 1 saturated heterocycles. The molecule has 1 aromatic rings. The Morgan fingerprint density at radius 1 is 1.25 bits per heavy atom. The van der Waals surface area contributed by atoms with Gasteiger partial charge in [-0.1, -0.05) is 32.0 Å². The fourth-order valence-corrected chi connectivity index (χ4v) is 5.43. The Morgan fingerprint density at radius 3 is 2.57 bits per heavy atom. The number of hydrogen-bond acceptors (Lipinski definition) is 3. The number of amides is 1. The van der Waals surface area contributed by atoms with Gasteiger partial charge in [0.15, 0.2) is 0 Å². The zero-order valence-corrected chi connectivity index (χ0v) is 16.4. The molecule has 0 bridgehead atoms. The first-order chi connectivity index (χ1) is 13.0. The molecule has 3 rings (SSSR count). The Morgan fingerprint density at radius 2 is 1.96 bits per heavy atom. The molecule has 5 N–H and O–H groups in total. The molecule has 1 aromatic carbocycles. The molecule has 1 aliphatic heterocycles. The van der Waals surface area contributed by atoms with Crippen molar-refractivity contribution in [2.24, 2.45) is 35.1 Å². The smallest absolute Gasteiger partial charge is 0.368 e. The SMILES string of the molecule is CC(C)C[C@](N)(C(N)=O)[C@H]1CC[C@@H]2C(Cc3cccc(C(F)(F)F)c3)NC[C@H]21. The minimum atomic E-state index is -4.34. The average molecular weight is 397 g/mol. The van der Waals surface area contributed by atoms with Crippen molar-refractivity contribution in [2.45, 2.75) is 57.3 Å². The highest BCUT2D eigenvalue weighted by molar-refractivity contribution is 5.85. The number of hydrogen-bond donors (Lipinski definition) is 3. The number of alkyl halides is 3. The van der Waals surface area contributed by atoms with Crippen LogP contribution in [0.15, 0.2) is 24.3 Å². The standard InChI is InChI=1S/C21H30F3N3O/c1-12(2)10-20(26,19(25)28)17-7-6-15-16(17)11-27-18(15)9-13-4-3-5-14(8-13)21(22,23)24/h3-5,8,12,15-18,27H,6-7,9-11,26H2,1-2H3,(H2,25,28)/t15-,16+,17-,18?,20+/m0/s1. The molecular formula is C21H30F3N3O. The molecule has 1 saturated carbocycles. The maximum absolute atomic E-state index is 13.0. The van der Waals surface area contributed by atoms with Gasteiger partial charge in [0.1, 0.15) is 0 Å². The highest BCUT2D eigenvalue weighted by atomic mass is 19.4. The normalized spacial score (nSPS) is 29.7. The van der Waals surface area contributed by atoms with Crippen molar-refractivity contribution in [1.29, 1.82) is 0 Å². The van der Waals surface area contributed by atoms with Crippen LogP contribution in [0.2, 0.25) is 0 Å². The maximum Gasteiger partial charge on any atom is 0.416 e. The highest BCUT2D eigenvalue weighted by Gasteiger charge is 2.53. The zero-order valence-electron chi connectivity index (χ0n) is 16.4. The van der Waals surface area contributed by atoms with E-state index in [0.717, 1.165) is 25.5 Å². The summed E-state index contributed by atoms with van der Waals surface area (Å²) in [6.07, 6.45) is -1.50. The molecule has 1 unspecified atom stereocenters. The molecule has 4 nitrogen and oxygen atoms in total. The first-order valence-corrected chi connectivity index (χ1v) is 10.0. The van der Waals surface area contributed by atoms with E-state index >= 15 is 0 Å². The lowest BCUT2D eigenvalue weighted by atomic mass is 9.72. The van der Waals surface area contributed by atoms with Crippen molar-refractivity contribution >= 4 is 5.91 Å². The summed E-state index contributed by atoms with van der Waals surface area (Å²) >= 11 is 0. The molecule has 7 heteroatoms. The molecule has 2 fully saturated rings. The maximum atomic E-state index is 13.0. The van der Waals surface area contributed by atoms with E-state index in [4.69, 9.17) is 11.5 Å². The van der Waals surface area contributed by atoms with Gasteiger partial charge in [-0.2, -0.15) is 13.2 Å². The number of fused-ring (bicyclic) bond motifs is 1. The summed E-state index contributed by atoms with van der Waals surface area (Å²) < 4.78 is 39.0. The predicted molar refractivity (Wildman–Crippen MR) is 102 cm³/mol. The largest absolute Gasteiger partial charge is 0.416 e. The van der Waals surface area contributed by atoms with Gasteiger partial charge >= 0.3 is 6.18 Å². The van der Waals surface area contributed by atoms with Crippen LogP contribution in [-0.4, -0.2) is 24.0 Å². The Balaban J connectivity index is 1.74. The van der Waals surface area contributed by atoms with Gasteiger partial charge in [-0.25, -0.2) is 0 Å². The summed E-state index contributed by atoms with van der Waals surface area (Å²) in [5, 5.41) is 3.47. The summed E-state index contributed by atoms with van der Waals surface area (Å²) in [6, 6.07) is 5.63. The summed E-state index contributed by atoms with van der Waals surface area (Å²) in [6.45, 7) is 4.78. The van der Waals surface area contributed by atoms with Crippen molar-refractivity contribution in [3.63, 3.8) is 0 Å². The van der Waals surface area contributed by atoms with Gasteiger partial charge in [0.25, 0.3) is 0 Å². The topological polar surface area (TPSA) is 81.1 Å². The number of carbonyl (C=O) groups excluding carboxylic acids is 1. The molecule has 2 aliphatic rings. The van der Waals surface area contributed by atoms with Gasteiger partial charge in [0.05, 0.1) is 11.1 Å². The summed E-state index contributed by atoms with van der Waals surface area (Å²) in [5.41, 5.74) is 11.3. The van der Waals surface area contributed by atoms with Crippen molar-refractivity contribution in [1.82, 2.24) is 5.32 Å². The molecule has 1 heterocycles. The van der Waals surface area contributed by atoms with E-state index in [1.54, 1.807) is 6.07 Å². The molecule has 0 aromatic heterocycles. The third kappa shape index (κ3) is 4.06. The number of nitrogens with two attached hydrogens (primary N) is 2. The molecule has 1 aliphatic carbocycles. The van der Waals surface area contributed by atoms with Crippen LogP contribution in [0.25, 0.3) is 0 Å². The van der Waals surface area contributed by atoms with Crippen LogP contribution in [0, 0.1) is 23.7 Å². The Hall–Kier alpha value is -1.60. The van der Waals surface area contributed by atoms with Crippen LogP contribution in [-0.2, 0) is 17.4 Å². The van der Waals surface area contributed by atoms with E-state index in [1.807, 2.05) is 13.8 Å². The zero-order chi connectivity index (χ0) is 20.7. The molecule has 0 radical (unpaired) electrons. The van der Waals surface area contributed by atoms with Crippen LogP contribution in [0.1, 0.15) is 44.2 Å². The first kappa shape index (κ1) is 21.1. The number of carbonyl (C=O) groups is 1. The average Bonchev–Trinajstić information content (AvgIpc) is 3.16. The molecular weight excluding hydrogens is 367 g/mol. The van der Waals surface area contributed by atoms with E-state index in [0.29, 0.717) is 24.3 Å². The lowest BCUT2D eigenvalue weighted by molar-refractivity contribution is -0.137. The van der Waals surface area contributed by atoms with Gasteiger partial charge in [-0.3, -0.25) is 4.79 Å². The third-order valence-corrected chi connectivity index (χ3v) is 6.59. The minimum Gasteiger partial charge on any atom is -0.368 e. The predicted octanol–water partition coefficient (Wildman–Crippen LogP) is 3.09.